The van der Waals surface area contributed by atoms with E-state index in [4.69, 9.17) is 4.74 Å². The molecule has 6 nitrogen and oxygen atoms in total. The van der Waals surface area contributed by atoms with Gasteiger partial charge in [-0.05, 0) is 20.3 Å². The highest BCUT2D eigenvalue weighted by atomic mass is 32.1. The maximum absolute atomic E-state index is 13.6. The highest BCUT2D eigenvalue weighted by Gasteiger charge is 2.57. The summed E-state index contributed by atoms with van der Waals surface area (Å²) >= 11 is 1.54. The van der Waals surface area contributed by atoms with Crippen LogP contribution in [-0.2, 0) is 17.7 Å². The van der Waals surface area contributed by atoms with E-state index >= 15 is 0 Å². The summed E-state index contributed by atoms with van der Waals surface area (Å²) < 4.78 is 47.7. The van der Waals surface area contributed by atoms with Gasteiger partial charge in [-0.1, -0.05) is 6.92 Å². The van der Waals surface area contributed by atoms with Crippen LogP contribution < -0.4 is 4.90 Å². The normalized spacial score (nSPS) is 21.4. The summed E-state index contributed by atoms with van der Waals surface area (Å²) in [6, 6.07) is 0. The highest BCUT2D eigenvalue weighted by molar-refractivity contribution is 7.09. The van der Waals surface area contributed by atoms with Crippen molar-refractivity contribution in [2.45, 2.75) is 51.9 Å². The van der Waals surface area contributed by atoms with Crippen molar-refractivity contribution >= 4 is 17.3 Å². The molecule has 0 N–H and O–H groups in total. The summed E-state index contributed by atoms with van der Waals surface area (Å²) in [7, 11) is 0. The predicted molar refractivity (Wildman–Crippen MR) is 92.6 cm³/mol. The molecule has 1 saturated heterocycles. The number of anilines is 1. The average molecular weight is 389 g/mol. The molecule has 0 amide bonds. The minimum absolute atomic E-state index is 0.00489. The molecule has 1 atom stereocenters. The zero-order valence-electron chi connectivity index (χ0n) is 15.0. The van der Waals surface area contributed by atoms with E-state index in [-0.39, 0.29) is 19.6 Å². The van der Waals surface area contributed by atoms with Crippen LogP contribution in [0, 0.1) is 6.92 Å². The lowest BCUT2D eigenvalue weighted by atomic mass is 9.97. The Balaban J connectivity index is 1.87. The van der Waals surface area contributed by atoms with Crippen molar-refractivity contribution in [2.75, 3.05) is 24.6 Å². The molecule has 1 aliphatic heterocycles. The number of ether oxygens (including phenoxy) is 1. The first-order valence-corrected chi connectivity index (χ1v) is 9.46. The number of hydrogen-bond acceptors (Lipinski definition) is 6. The van der Waals surface area contributed by atoms with E-state index in [2.05, 4.69) is 15.2 Å². The molecule has 1 aliphatic rings. The molecule has 0 aliphatic carbocycles. The van der Waals surface area contributed by atoms with Crippen LogP contribution in [0.25, 0.3) is 0 Å². The Morgan fingerprint density at radius 1 is 1.31 bits per heavy atom. The number of halogens is 3. The first-order valence-electron chi connectivity index (χ1n) is 8.58. The fourth-order valence-corrected chi connectivity index (χ4v) is 3.94. The fourth-order valence-electron chi connectivity index (χ4n) is 3.17. The van der Waals surface area contributed by atoms with Gasteiger partial charge < -0.3 is 9.64 Å². The number of aryl methyl sites for hydroxylation is 1. The lowest BCUT2D eigenvalue weighted by molar-refractivity contribution is -0.280. The first kappa shape index (κ1) is 19.1. The zero-order chi connectivity index (χ0) is 18.9. The van der Waals surface area contributed by atoms with Crippen molar-refractivity contribution in [1.29, 1.82) is 0 Å². The topological polar surface area (TPSA) is 56.1 Å². The monoisotopic (exact) mass is 389 g/mol. The molecule has 144 valence electrons. The third kappa shape index (κ3) is 3.44. The summed E-state index contributed by atoms with van der Waals surface area (Å²) in [5, 5.41) is 11.3. The fraction of sp³-hybridized carbons (Fsp3) is 0.688. The van der Waals surface area contributed by atoms with Crippen LogP contribution in [0.15, 0.2) is 5.38 Å². The Kier molecular flexibility index (Phi) is 5.25. The average Bonchev–Trinajstić information content (AvgIpc) is 3.20. The standard InChI is InChI=1S/C16H22F3N5OS/c1-4-15(16(17,18)19)10-23(6-7-25-15)14-22-21-12(24(14)5-2)8-13-20-11(3)9-26-13/h9H,4-8,10H2,1-3H3. The summed E-state index contributed by atoms with van der Waals surface area (Å²) in [5.74, 6) is 1.17. The summed E-state index contributed by atoms with van der Waals surface area (Å²) in [6.45, 7) is 6.01. The van der Waals surface area contributed by atoms with E-state index in [0.29, 0.717) is 31.3 Å². The summed E-state index contributed by atoms with van der Waals surface area (Å²) in [4.78, 5) is 6.06. The van der Waals surface area contributed by atoms with Crippen molar-refractivity contribution < 1.29 is 17.9 Å². The SMILES string of the molecule is CCn1c(Cc2nc(C)cs2)nnc1N1CCOC(CC)(C(F)(F)F)C1. The Bertz CT molecular complexity index is 759. The van der Waals surface area contributed by atoms with Gasteiger partial charge >= 0.3 is 6.18 Å². The Morgan fingerprint density at radius 2 is 2.08 bits per heavy atom. The highest BCUT2D eigenvalue weighted by Crippen LogP contribution is 2.39. The Labute approximate surface area is 154 Å². The minimum atomic E-state index is -4.43. The third-order valence-electron chi connectivity index (χ3n) is 4.66. The van der Waals surface area contributed by atoms with E-state index < -0.39 is 11.8 Å². The second-order valence-electron chi connectivity index (χ2n) is 6.34. The largest absolute Gasteiger partial charge is 0.419 e. The summed E-state index contributed by atoms with van der Waals surface area (Å²) in [5.41, 5.74) is -1.22. The van der Waals surface area contributed by atoms with E-state index in [0.717, 1.165) is 10.7 Å². The number of nitrogens with zero attached hydrogens (tertiary/aromatic N) is 5. The van der Waals surface area contributed by atoms with Crippen molar-refractivity contribution in [3.8, 4) is 0 Å². The minimum Gasteiger partial charge on any atom is -0.362 e. The van der Waals surface area contributed by atoms with Crippen molar-refractivity contribution in [3.05, 3.63) is 21.9 Å². The molecular formula is C16H22F3N5OS. The maximum Gasteiger partial charge on any atom is 0.419 e. The second-order valence-corrected chi connectivity index (χ2v) is 7.28. The van der Waals surface area contributed by atoms with Gasteiger partial charge in [0.05, 0.1) is 19.6 Å². The van der Waals surface area contributed by atoms with Gasteiger partial charge in [0.25, 0.3) is 0 Å². The number of aromatic nitrogens is 4. The van der Waals surface area contributed by atoms with Crippen LogP contribution in [0.4, 0.5) is 19.1 Å². The molecule has 0 bridgehead atoms. The van der Waals surface area contributed by atoms with E-state index in [9.17, 15) is 13.2 Å². The lowest BCUT2D eigenvalue weighted by Gasteiger charge is -2.43. The molecule has 10 heteroatoms. The second kappa shape index (κ2) is 7.15. The zero-order valence-corrected chi connectivity index (χ0v) is 15.8. The molecule has 0 aromatic carbocycles. The van der Waals surface area contributed by atoms with Gasteiger partial charge in [-0.3, -0.25) is 4.57 Å². The van der Waals surface area contributed by atoms with E-state index in [1.165, 1.54) is 6.92 Å². The van der Waals surface area contributed by atoms with Gasteiger partial charge in [0.15, 0.2) is 5.60 Å². The molecular weight excluding hydrogens is 367 g/mol. The van der Waals surface area contributed by atoms with Crippen molar-refractivity contribution in [1.82, 2.24) is 19.7 Å². The molecule has 1 unspecified atom stereocenters. The number of rotatable bonds is 5. The molecule has 0 radical (unpaired) electrons. The quantitative estimate of drug-likeness (QED) is 0.786. The van der Waals surface area contributed by atoms with Crippen LogP contribution >= 0.6 is 11.3 Å². The van der Waals surface area contributed by atoms with E-state index in [1.54, 1.807) is 16.2 Å². The Hall–Kier alpha value is -1.68. The van der Waals surface area contributed by atoms with Gasteiger partial charge in [-0.15, -0.1) is 21.5 Å². The molecule has 3 rings (SSSR count). The van der Waals surface area contributed by atoms with Crippen LogP contribution in [0.2, 0.25) is 0 Å². The number of alkyl halides is 3. The molecule has 26 heavy (non-hydrogen) atoms. The number of morpholine rings is 1. The third-order valence-corrected chi connectivity index (χ3v) is 5.62. The van der Waals surface area contributed by atoms with Gasteiger partial charge in [-0.25, -0.2) is 4.98 Å². The van der Waals surface area contributed by atoms with Crippen LogP contribution in [-0.4, -0.2) is 51.2 Å². The number of thiazole rings is 1. The van der Waals surface area contributed by atoms with Crippen LogP contribution in [0.5, 0.6) is 0 Å². The molecule has 0 spiro atoms. The Morgan fingerprint density at radius 3 is 2.65 bits per heavy atom. The first-order chi connectivity index (χ1) is 12.3. The van der Waals surface area contributed by atoms with Crippen molar-refractivity contribution in [2.24, 2.45) is 0 Å². The van der Waals surface area contributed by atoms with Gasteiger partial charge in [0.1, 0.15) is 10.8 Å². The lowest BCUT2D eigenvalue weighted by Crippen LogP contribution is -2.60. The molecule has 2 aromatic heterocycles. The van der Waals surface area contributed by atoms with Crippen LogP contribution in [0.1, 0.15) is 36.8 Å². The molecule has 3 heterocycles. The molecule has 0 saturated carbocycles. The van der Waals surface area contributed by atoms with Crippen LogP contribution in [0.3, 0.4) is 0 Å². The molecule has 2 aromatic rings. The summed E-state index contributed by atoms with van der Waals surface area (Å²) in [6.07, 6.45) is -4.06. The maximum atomic E-state index is 13.6. The van der Waals surface area contributed by atoms with E-state index in [1.807, 2.05) is 23.8 Å². The smallest absolute Gasteiger partial charge is 0.362 e. The predicted octanol–water partition coefficient (Wildman–Crippen LogP) is 3.20. The number of hydrogen-bond donors (Lipinski definition) is 0. The molecule has 1 fully saturated rings. The van der Waals surface area contributed by atoms with Crippen molar-refractivity contribution in [3.63, 3.8) is 0 Å². The van der Waals surface area contributed by atoms with Gasteiger partial charge in [0, 0.05) is 24.2 Å². The van der Waals surface area contributed by atoms with Gasteiger partial charge in [-0.2, -0.15) is 13.2 Å². The van der Waals surface area contributed by atoms with Gasteiger partial charge in [0.2, 0.25) is 5.95 Å².